The summed E-state index contributed by atoms with van der Waals surface area (Å²) in [5.74, 6) is 0. The SMILES string of the molecule is C=C/C=c1/cc(C=O)c(Cl)n/c1=C/C.CC. The van der Waals surface area contributed by atoms with Crippen LogP contribution in [0.4, 0.5) is 0 Å². The van der Waals surface area contributed by atoms with Gasteiger partial charge >= 0.3 is 0 Å². The number of hydrogen-bond acceptors (Lipinski definition) is 2. The zero-order valence-corrected chi connectivity index (χ0v) is 10.6. The summed E-state index contributed by atoms with van der Waals surface area (Å²) in [6.45, 7) is 9.45. The van der Waals surface area contributed by atoms with Crippen LogP contribution < -0.4 is 10.6 Å². The molecule has 0 amide bonds. The molecule has 3 heteroatoms. The summed E-state index contributed by atoms with van der Waals surface area (Å²) >= 11 is 5.78. The third-order valence-electron chi connectivity index (χ3n) is 1.76. The van der Waals surface area contributed by atoms with E-state index in [9.17, 15) is 4.79 Å². The Morgan fingerprint density at radius 1 is 1.44 bits per heavy atom. The standard InChI is InChI=1S/C11H10ClNO.C2H6/c1-3-5-8-6-9(7-14)11(12)13-10(8)4-2;1-2/h3-7H,1H2,2H3;1-2H3/b8-5-,10-4+;. The monoisotopic (exact) mass is 237 g/mol. The largest absolute Gasteiger partial charge is 0.298 e. The van der Waals surface area contributed by atoms with Gasteiger partial charge in [-0.05, 0) is 13.0 Å². The molecule has 0 unspecified atom stereocenters. The van der Waals surface area contributed by atoms with E-state index < -0.39 is 0 Å². The quantitative estimate of drug-likeness (QED) is 0.584. The minimum Gasteiger partial charge on any atom is -0.298 e. The Labute approximate surface area is 101 Å². The van der Waals surface area contributed by atoms with Gasteiger partial charge in [0.1, 0.15) is 5.15 Å². The normalized spacial score (nSPS) is 11.8. The molecule has 0 radical (unpaired) electrons. The van der Waals surface area contributed by atoms with Crippen LogP contribution in [0.1, 0.15) is 31.1 Å². The Balaban J connectivity index is 0.00000106. The number of pyridine rings is 1. The average molecular weight is 238 g/mol. The number of carbonyl (C=O) groups is 1. The first-order valence-corrected chi connectivity index (χ1v) is 5.51. The van der Waals surface area contributed by atoms with Gasteiger partial charge in [-0.15, -0.1) is 0 Å². The molecule has 0 aliphatic rings. The number of aromatic nitrogens is 1. The topological polar surface area (TPSA) is 30.0 Å². The molecule has 0 atom stereocenters. The molecule has 1 rings (SSSR count). The lowest BCUT2D eigenvalue weighted by molar-refractivity contribution is 0.112. The van der Waals surface area contributed by atoms with E-state index in [-0.39, 0.29) is 5.15 Å². The fourth-order valence-electron chi connectivity index (χ4n) is 1.11. The molecule has 0 fully saturated rings. The van der Waals surface area contributed by atoms with Crippen molar-refractivity contribution in [3.8, 4) is 0 Å². The average Bonchev–Trinajstić information content (AvgIpc) is 2.33. The van der Waals surface area contributed by atoms with Gasteiger partial charge in [-0.25, -0.2) is 4.98 Å². The second-order valence-electron chi connectivity index (χ2n) is 2.65. The molecule has 0 saturated heterocycles. The minimum absolute atomic E-state index is 0.231. The maximum Gasteiger partial charge on any atom is 0.153 e. The smallest absolute Gasteiger partial charge is 0.153 e. The van der Waals surface area contributed by atoms with Crippen LogP contribution in [0.15, 0.2) is 18.7 Å². The highest BCUT2D eigenvalue weighted by molar-refractivity contribution is 6.31. The van der Waals surface area contributed by atoms with Gasteiger partial charge in [-0.1, -0.05) is 50.3 Å². The third kappa shape index (κ3) is 3.63. The van der Waals surface area contributed by atoms with Crippen molar-refractivity contribution >= 4 is 30.0 Å². The number of halogens is 1. The molecule has 0 aliphatic carbocycles. The fraction of sp³-hybridized carbons (Fsp3) is 0.231. The summed E-state index contributed by atoms with van der Waals surface area (Å²) in [7, 11) is 0. The zero-order valence-electron chi connectivity index (χ0n) is 9.83. The second-order valence-corrected chi connectivity index (χ2v) is 3.01. The lowest BCUT2D eigenvalue weighted by Crippen LogP contribution is -2.28. The van der Waals surface area contributed by atoms with Crippen LogP contribution in [0.3, 0.4) is 0 Å². The molecule has 86 valence electrons. The Hall–Kier alpha value is -1.41. The molecule has 1 aromatic heterocycles. The second kappa shape index (κ2) is 7.83. The van der Waals surface area contributed by atoms with Gasteiger partial charge in [0.2, 0.25) is 0 Å². The molecule has 0 saturated carbocycles. The van der Waals surface area contributed by atoms with Gasteiger partial charge in [-0.3, -0.25) is 4.79 Å². The first-order chi connectivity index (χ1) is 7.72. The molecular weight excluding hydrogens is 222 g/mol. The van der Waals surface area contributed by atoms with Crippen molar-refractivity contribution in [2.24, 2.45) is 0 Å². The molecule has 0 N–H and O–H groups in total. The number of nitrogens with zero attached hydrogens (tertiary/aromatic N) is 1. The molecule has 1 aromatic rings. The number of carbonyl (C=O) groups excluding carboxylic acids is 1. The summed E-state index contributed by atoms with van der Waals surface area (Å²) in [4.78, 5) is 14.7. The first-order valence-electron chi connectivity index (χ1n) is 5.13. The summed E-state index contributed by atoms with van der Waals surface area (Å²) in [5, 5.41) is 1.82. The molecule has 2 nitrogen and oxygen atoms in total. The molecule has 1 heterocycles. The van der Waals surface area contributed by atoms with Crippen molar-refractivity contribution in [1.29, 1.82) is 0 Å². The van der Waals surface area contributed by atoms with Crippen LogP contribution in [0.5, 0.6) is 0 Å². The summed E-state index contributed by atoms with van der Waals surface area (Å²) in [5.41, 5.74) is 0.394. The van der Waals surface area contributed by atoms with Gasteiger partial charge in [0.05, 0.1) is 10.9 Å². The molecule has 0 aromatic carbocycles. The third-order valence-corrected chi connectivity index (χ3v) is 2.06. The van der Waals surface area contributed by atoms with Crippen molar-refractivity contribution in [2.45, 2.75) is 20.8 Å². The predicted octanol–water partition coefficient (Wildman–Crippen LogP) is 2.34. The lowest BCUT2D eigenvalue weighted by atomic mass is 10.2. The van der Waals surface area contributed by atoms with Gasteiger partial charge in [0.25, 0.3) is 0 Å². The number of rotatable bonds is 2. The molecule has 0 aliphatic heterocycles. The Kier molecular flexibility index (Phi) is 7.14. The van der Waals surface area contributed by atoms with Crippen LogP contribution >= 0.6 is 11.6 Å². The van der Waals surface area contributed by atoms with Crippen molar-refractivity contribution in [3.63, 3.8) is 0 Å². The molecule has 0 bridgehead atoms. The van der Waals surface area contributed by atoms with E-state index in [1.165, 1.54) is 0 Å². The van der Waals surface area contributed by atoms with Crippen molar-refractivity contribution in [1.82, 2.24) is 4.98 Å². The van der Waals surface area contributed by atoms with E-state index in [0.717, 1.165) is 10.6 Å². The maximum absolute atomic E-state index is 10.6. The highest BCUT2D eigenvalue weighted by Gasteiger charge is 1.99. The van der Waals surface area contributed by atoms with Crippen molar-refractivity contribution in [2.75, 3.05) is 0 Å². The molecule has 16 heavy (non-hydrogen) atoms. The highest BCUT2D eigenvalue weighted by Crippen LogP contribution is 2.04. The van der Waals surface area contributed by atoms with E-state index in [0.29, 0.717) is 11.8 Å². The van der Waals surface area contributed by atoms with Gasteiger partial charge in [0, 0.05) is 5.22 Å². The summed E-state index contributed by atoms with van der Waals surface area (Å²) in [6.07, 6.45) is 5.95. The summed E-state index contributed by atoms with van der Waals surface area (Å²) in [6, 6.07) is 1.69. The van der Waals surface area contributed by atoms with E-state index in [1.54, 1.807) is 18.2 Å². The molecule has 0 spiro atoms. The number of allylic oxidation sites excluding steroid dienone is 1. The summed E-state index contributed by atoms with van der Waals surface area (Å²) < 4.78 is 0. The number of aldehydes is 1. The minimum atomic E-state index is 0.231. The Morgan fingerprint density at radius 2 is 2.06 bits per heavy atom. The van der Waals surface area contributed by atoms with Gasteiger partial charge in [-0.2, -0.15) is 0 Å². The van der Waals surface area contributed by atoms with E-state index in [1.807, 2.05) is 26.8 Å². The number of hydrogen-bond donors (Lipinski definition) is 0. The van der Waals surface area contributed by atoms with Crippen molar-refractivity contribution < 1.29 is 4.79 Å². The Morgan fingerprint density at radius 3 is 2.50 bits per heavy atom. The predicted molar refractivity (Wildman–Crippen MR) is 70.0 cm³/mol. The van der Waals surface area contributed by atoms with Crippen LogP contribution in [-0.4, -0.2) is 11.3 Å². The van der Waals surface area contributed by atoms with Gasteiger partial charge in [0.15, 0.2) is 6.29 Å². The van der Waals surface area contributed by atoms with E-state index in [2.05, 4.69) is 11.6 Å². The van der Waals surface area contributed by atoms with Crippen LogP contribution in [0.25, 0.3) is 12.2 Å². The van der Waals surface area contributed by atoms with Crippen LogP contribution in [-0.2, 0) is 0 Å². The Bertz CT molecular complexity index is 477. The van der Waals surface area contributed by atoms with Crippen LogP contribution in [0.2, 0.25) is 5.15 Å². The zero-order chi connectivity index (χ0) is 12.6. The van der Waals surface area contributed by atoms with Gasteiger partial charge < -0.3 is 0 Å². The highest BCUT2D eigenvalue weighted by atomic mass is 35.5. The fourth-order valence-corrected chi connectivity index (χ4v) is 1.30. The van der Waals surface area contributed by atoms with E-state index >= 15 is 0 Å². The van der Waals surface area contributed by atoms with E-state index in [4.69, 9.17) is 11.6 Å². The first kappa shape index (κ1) is 14.6. The van der Waals surface area contributed by atoms with Crippen LogP contribution in [0, 0.1) is 0 Å². The lowest BCUT2D eigenvalue weighted by Gasteiger charge is -1.95. The maximum atomic E-state index is 10.6. The van der Waals surface area contributed by atoms with Crippen molar-refractivity contribution in [3.05, 3.63) is 40.0 Å². The molecular formula is C13H16ClNO.